The minimum Gasteiger partial charge on any atom is -0.325 e. The average Bonchev–Trinajstić information content (AvgIpc) is 2.76. The van der Waals surface area contributed by atoms with Gasteiger partial charge in [-0.15, -0.1) is 0 Å². The summed E-state index contributed by atoms with van der Waals surface area (Å²) in [5.74, 6) is 1.51. The molecule has 1 aliphatic carbocycles. The van der Waals surface area contributed by atoms with Crippen molar-refractivity contribution in [1.82, 2.24) is 9.97 Å². The lowest BCUT2D eigenvalue weighted by molar-refractivity contribution is 0.606. The molecular weight excluding hydrogens is 162 g/mol. The molecule has 0 radical (unpaired) electrons. The zero-order valence-electron chi connectivity index (χ0n) is 8.12. The van der Waals surface area contributed by atoms with Gasteiger partial charge in [0.05, 0.1) is 5.69 Å². The van der Waals surface area contributed by atoms with E-state index in [1.807, 2.05) is 6.07 Å². The van der Waals surface area contributed by atoms with Crippen LogP contribution in [0.3, 0.4) is 0 Å². The number of rotatable bonds is 2. The van der Waals surface area contributed by atoms with Crippen LogP contribution in [0.5, 0.6) is 0 Å². The summed E-state index contributed by atoms with van der Waals surface area (Å²) < 4.78 is 0. The van der Waals surface area contributed by atoms with Crippen molar-refractivity contribution in [3.8, 4) is 0 Å². The van der Waals surface area contributed by atoms with E-state index in [2.05, 4.69) is 23.8 Å². The van der Waals surface area contributed by atoms with E-state index in [0.717, 1.165) is 11.5 Å². The molecule has 0 aromatic carbocycles. The average molecular weight is 177 g/mol. The summed E-state index contributed by atoms with van der Waals surface area (Å²) in [6.45, 7) is 5.00. The van der Waals surface area contributed by atoms with Gasteiger partial charge in [0.15, 0.2) is 0 Å². The lowest BCUT2D eigenvalue weighted by Gasteiger charge is -2.03. The van der Waals surface area contributed by atoms with Crippen LogP contribution in [0.1, 0.15) is 37.7 Å². The first-order chi connectivity index (χ1) is 6.13. The molecule has 3 heteroatoms. The molecule has 1 heterocycles. The third kappa shape index (κ3) is 1.56. The fourth-order valence-corrected chi connectivity index (χ4v) is 1.60. The van der Waals surface area contributed by atoms with Gasteiger partial charge in [-0.05, 0) is 17.9 Å². The summed E-state index contributed by atoms with van der Waals surface area (Å²) >= 11 is 0. The van der Waals surface area contributed by atoms with Crippen LogP contribution in [-0.4, -0.2) is 9.97 Å². The molecule has 0 aliphatic heterocycles. The molecule has 1 fully saturated rings. The van der Waals surface area contributed by atoms with E-state index in [0.29, 0.717) is 17.9 Å². The highest BCUT2D eigenvalue weighted by Gasteiger charge is 2.48. The fraction of sp³-hybridized carbons (Fsp3) is 0.600. The SMILES string of the molecule is CC1(C)CC1c1nccc(CN)n1. The molecule has 70 valence electrons. The maximum absolute atomic E-state index is 5.52. The summed E-state index contributed by atoms with van der Waals surface area (Å²) in [6.07, 6.45) is 3.00. The van der Waals surface area contributed by atoms with E-state index in [1.165, 1.54) is 6.42 Å². The Hall–Kier alpha value is -0.960. The fourth-order valence-electron chi connectivity index (χ4n) is 1.60. The first-order valence-corrected chi connectivity index (χ1v) is 4.65. The minimum atomic E-state index is 0.396. The number of nitrogens with zero attached hydrogens (tertiary/aromatic N) is 2. The van der Waals surface area contributed by atoms with Gasteiger partial charge in [-0.25, -0.2) is 9.97 Å². The van der Waals surface area contributed by atoms with E-state index in [4.69, 9.17) is 5.73 Å². The third-order valence-electron chi connectivity index (χ3n) is 2.77. The molecule has 1 saturated carbocycles. The molecule has 1 atom stereocenters. The smallest absolute Gasteiger partial charge is 0.132 e. The van der Waals surface area contributed by atoms with Gasteiger partial charge in [0.25, 0.3) is 0 Å². The monoisotopic (exact) mass is 177 g/mol. The van der Waals surface area contributed by atoms with Crippen LogP contribution in [-0.2, 0) is 6.54 Å². The summed E-state index contributed by atoms with van der Waals surface area (Å²) in [4.78, 5) is 8.69. The highest BCUT2D eigenvalue weighted by atomic mass is 14.9. The summed E-state index contributed by atoms with van der Waals surface area (Å²) in [7, 11) is 0. The predicted octanol–water partition coefficient (Wildman–Crippen LogP) is 1.45. The van der Waals surface area contributed by atoms with Crippen molar-refractivity contribution in [3.63, 3.8) is 0 Å². The van der Waals surface area contributed by atoms with Crippen LogP contribution >= 0.6 is 0 Å². The first-order valence-electron chi connectivity index (χ1n) is 4.65. The van der Waals surface area contributed by atoms with Crippen molar-refractivity contribution in [2.75, 3.05) is 0 Å². The highest BCUT2D eigenvalue weighted by molar-refractivity contribution is 5.17. The van der Waals surface area contributed by atoms with Gasteiger partial charge in [0, 0.05) is 18.7 Å². The van der Waals surface area contributed by atoms with Gasteiger partial charge < -0.3 is 5.73 Å². The molecule has 0 bridgehead atoms. The van der Waals surface area contributed by atoms with Crippen LogP contribution in [0.25, 0.3) is 0 Å². The van der Waals surface area contributed by atoms with E-state index in [-0.39, 0.29) is 0 Å². The van der Waals surface area contributed by atoms with Crippen LogP contribution in [0, 0.1) is 5.41 Å². The second-order valence-electron chi connectivity index (χ2n) is 4.36. The normalized spacial score (nSPS) is 24.4. The third-order valence-corrected chi connectivity index (χ3v) is 2.77. The predicted molar refractivity (Wildman–Crippen MR) is 51.1 cm³/mol. The molecule has 0 amide bonds. The van der Waals surface area contributed by atoms with Gasteiger partial charge in [0.2, 0.25) is 0 Å². The topological polar surface area (TPSA) is 51.8 Å². The molecule has 2 N–H and O–H groups in total. The van der Waals surface area contributed by atoms with Gasteiger partial charge in [-0.3, -0.25) is 0 Å². The van der Waals surface area contributed by atoms with Crippen molar-refractivity contribution in [1.29, 1.82) is 0 Å². The lowest BCUT2D eigenvalue weighted by atomic mass is 10.1. The van der Waals surface area contributed by atoms with Gasteiger partial charge >= 0.3 is 0 Å². The Labute approximate surface area is 78.4 Å². The Morgan fingerprint density at radius 2 is 2.31 bits per heavy atom. The second-order valence-corrected chi connectivity index (χ2v) is 4.36. The Morgan fingerprint density at radius 3 is 2.85 bits per heavy atom. The molecule has 0 saturated heterocycles. The van der Waals surface area contributed by atoms with Crippen LogP contribution in [0.2, 0.25) is 0 Å². The molecule has 1 aliphatic rings. The van der Waals surface area contributed by atoms with E-state index >= 15 is 0 Å². The zero-order valence-corrected chi connectivity index (χ0v) is 8.12. The van der Waals surface area contributed by atoms with Crippen molar-refractivity contribution in [2.24, 2.45) is 11.1 Å². The molecule has 3 nitrogen and oxygen atoms in total. The van der Waals surface area contributed by atoms with Gasteiger partial charge in [-0.2, -0.15) is 0 Å². The van der Waals surface area contributed by atoms with Crippen LogP contribution in [0.15, 0.2) is 12.3 Å². The van der Waals surface area contributed by atoms with Crippen LogP contribution < -0.4 is 5.73 Å². The molecule has 2 rings (SSSR count). The number of aromatic nitrogens is 2. The minimum absolute atomic E-state index is 0.396. The Balaban J connectivity index is 2.23. The molecule has 13 heavy (non-hydrogen) atoms. The lowest BCUT2D eigenvalue weighted by Crippen LogP contribution is -2.04. The number of nitrogens with two attached hydrogens (primary N) is 1. The van der Waals surface area contributed by atoms with Gasteiger partial charge in [0.1, 0.15) is 5.82 Å². The number of hydrogen-bond donors (Lipinski definition) is 1. The molecule has 1 aromatic rings. The van der Waals surface area contributed by atoms with E-state index in [9.17, 15) is 0 Å². The molecular formula is C10H15N3. The van der Waals surface area contributed by atoms with Crippen molar-refractivity contribution in [3.05, 3.63) is 23.8 Å². The Morgan fingerprint density at radius 1 is 1.62 bits per heavy atom. The van der Waals surface area contributed by atoms with E-state index in [1.54, 1.807) is 6.20 Å². The quantitative estimate of drug-likeness (QED) is 0.743. The standard InChI is InChI=1S/C10H15N3/c1-10(2)5-8(10)9-12-4-3-7(6-11)13-9/h3-4,8H,5-6,11H2,1-2H3. The summed E-state index contributed by atoms with van der Waals surface area (Å²) in [5.41, 5.74) is 6.85. The van der Waals surface area contributed by atoms with Crippen molar-refractivity contribution < 1.29 is 0 Å². The zero-order chi connectivity index (χ0) is 9.47. The van der Waals surface area contributed by atoms with Gasteiger partial charge in [-0.1, -0.05) is 13.8 Å². The second kappa shape index (κ2) is 2.77. The maximum Gasteiger partial charge on any atom is 0.132 e. The van der Waals surface area contributed by atoms with Crippen molar-refractivity contribution in [2.45, 2.75) is 32.7 Å². The summed E-state index contributed by atoms with van der Waals surface area (Å²) in [5, 5.41) is 0. The first kappa shape index (κ1) is 8.63. The largest absolute Gasteiger partial charge is 0.325 e. The summed E-state index contributed by atoms with van der Waals surface area (Å²) in [6, 6.07) is 1.87. The van der Waals surface area contributed by atoms with Crippen LogP contribution in [0.4, 0.5) is 0 Å². The molecule has 1 aromatic heterocycles. The van der Waals surface area contributed by atoms with Crippen molar-refractivity contribution >= 4 is 0 Å². The van der Waals surface area contributed by atoms with E-state index < -0.39 is 0 Å². The Bertz CT molecular complexity index is 320. The highest BCUT2D eigenvalue weighted by Crippen LogP contribution is 2.57. The number of hydrogen-bond acceptors (Lipinski definition) is 3. The maximum atomic E-state index is 5.52. The molecule has 1 unspecified atom stereocenters. The Kier molecular flexibility index (Phi) is 1.84. The molecule has 0 spiro atoms.